The van der Waals surface area contributed by atoms with E-state index >= 15 is 0 Å². The molecule has 0 fully saturated rings. The number of nitrogens with one attached hydrogen (secondary N) is 1. The van der Waals surface area contributed by atoms with Crippen molar-refractivity contribution >= 4 is 45.9 Å². The maximum Gasteiger partial charge on any atom is 0.266 e. The van der Waals surface area contributed by atoms with Crippen molar-refractivity contribution in [3.63, 3.8) is 0 Å². The second kappa shape index (κ2) is 9.46. The van der Waals surface area contributed by atoms with Gasteiger partial charge < -0.3 is 10.1 Å². The summed E-state index contributed by atoms with van der Waals surface area (Å²) in [4.78, 5) is 30.9. The predicted octanol–water partition coefficient (Wildman–Crippen LogP) is 5.17. The SMILES string of the molecule is COc1ccccc1NC(=O)C(C)Sc1nc2ccccc2c(=O)n1-c1cccc(Cl)c1. The van der Waals surface area contributed by atoms with Gasteiger partial charge in [-0.25, -0.2) is 4.98 Å². The molecule has 0 aliphatic carbocycles. The molecule has 162 valence electrons. The lowest BCUT2D eigenvalue weighted by Gasteiger charge is -2.17. The molecule has 1 unspecified atom stereocenters. The van der Waals surface area contributed by atoms with Crippen molar-refractivity contribution < 1.29 is 9.53 Å². The number of aromatic nitrogens is 2. The zero-order valence-corrected chi connectivity index (χ0v) is 19.0. The average Bonchev–Trinajstić information content (AvgIpc) is 2.79. The normalized spacial score (nSPS) is 11.8. The highest BCUT2D eigenvalue weighted by Gasteiger charge is 2.21. The number of carbonyl (C=O) groups is 1. The van der Waals surface area contributed by atoms with Crippen LogP contribution in [0.15, 0.2) is 82.7 Å². The molecule has 6 nitrogen and oxygen atoms in total. The summed E-state index contributed by atoms with van der Waals surface area (Å²) in [5.41, 5.74) is 1.50. The van der Waals surface area contributed by atoms with Crippen LogP contribution in [0.4, 0.5) is 5.69 Å². The van der Waals surface area contributed by atoms with E-state index in [1.54, 1.807) is 68.6 Å². The van der Waals surface area contributed by atoms with Gasteiger partial charge in [0.1, 0.15) is 5.75 Å². The Morgan fingerprint density at radius 3 is 2.62 bits per heavy atom. The van der Waals surface area contributed by atoms with Gasteiger partial charge in [0.2, 0.25) is 5.91 Å². The monoisotopic (exact) mass is 465 g/mol. The molecule has 1 N–H and O–H groups in total. The van der Waals surface area contributed by atoms with Crippen molar-refractivity contribution in [3.8, 4) is 11.4 Å². The molecule has 0 saturated heterocycles. The number of thioether (sulfide) groups is 1. The Labute approximate surface area is 194 Å². The maximum atomic E-state index is 13.3. The molecule has 4 aromatic rings. The Balaban J connectivity index is 1.72. The van der Waals surface area contributed by atoms with E-state index in [-0.39, 0.29) is 11.5 Å². The topological polar surface area (TPSA) is 73.2 Å². The van der Waals surface area contributed by atoms with Crippen LogP contribution in [0.25, 0.3) is 16.6 Å². The molecule has 8 heteroatoms. The van der Waals surface area contributed by atoms with Crippen molar-refractivity contribution in [2.24, 2.45) is 0 Å². The molecule has 32 heavy (non-hydrogen) atoms. The first kappa shape index (κ1) is 21.9. The Kier molecular flexibility index (Phi) is 6.48. The minimum atomic E-state index is -0.543. The molecule has 0 saturated carbocycles. The molecule has 0 bridgehead atoms. The summed E-state index contributed by atoms with van der Waals surface area (Å²) in [7, 11) is 1.55. The van der Waals surface area contributed by atoms with Crippen LogP contribution in [-0.2, 0) is 4.79 Å². The van der Waals surface area contributed by atoms with E-state index < -0.39 is 5.25 Å². The first-order valence-electron chi connectivity index (χ1n) is 9.86. The van der Waals surface area contributed by atoms with Gasteiger partial charge >= 0.3 is 0 Å². The second-order valence-electron chi connectivity index (χ2n) is 6.98. The molecule has 4 rings (SSSR count). The van der Waals surface area contributed by atoms with Gasteiger partial charge in [0, 0.05) is 5.02 Å². The summed E-state index contributed by atoms with van der Waals surface area (Å²) in [6.45, 7) is 1.76. The molecular weight excluding hydrogens is 446 g/mol. The molecular formula is C24H20ClN3O3S. The molecule has 1 aromatic heterocycles. The van der Waals surface area contributed by atoms with Crippen molar-refractivity contribution in [3.05, 3.63) is 88.2 Å². The Morgan fingerprint density at radius 2 is 1.84 bits per heavy atom. The lowest BCUT2D eigenvalue weighted by Crippen LogP contribution is -2.26. The number of nitrogens with zero attached hydrogens (tertiary/aromatic N) is 2. The second-order valence-corrected chi connectivity index (χ2v) is 8.73. The Hall–Kier alpha value is -3.29. The minimum Gasteiger partial charge on any atom is -0.495 e. The van der Waals surface area contributed by atoms with Gasteiger partial charge in [-0.3, -0.25) is 14.2 Å². The standard InChI is InChI=1S/C24H20ClN3O3S/c1-15(22(29)26-20-12-5-6-13-21(20)31-2)32-24-27-19-11-4-3-10-18(19)23(30)28(24)17-9-7-8-16(25)14-17/h3-15H,1-2H3,(H,26,29). The van der Waals surface area contributed by atoms with Crippen LogP contribution in [0.1, 0.15) is 6.92 Å². The first-order valence-corrected chi connectivity index (χ1v) is 11.1. The van der Waals surface area contributed by atoms with Crippen LogP contribution in [0, 0.1) is 0 Å². The van der Waals surface area contributed by atoms with E-state index in [0.29, 0.717) is 38.2 Å². The third kappa shape index (κ3) is 4.49. The van der Waals surface area contributed by atoms with Crippen LogP contribution in [0.5, 0.6) is 5.75 Å². The highest BCUT2D eigenvalue weighted by Crippen LogP contribution is 2.28. The Bertz CT molecular complexity index is 1360. The summed E-state index contributed by atoms with van der Waals surface area (Å²) in [5.74, 6) is 0.331. The van der Waals surface area contributed by atoms with E-state index in [9.17, 15) is 9.59 Å². The third-order valence-corrected chi connectivity index (χ3v) is 6.11. The zero-order chi connectivity index (χ0) is 22.7. The third-order valence-electron chi connectivity index (χ3n) is 4.83. The minimum absolute atomic E-state index is 0.224. The number of rotatable bonds is 6. The predicted molar refractivity (Wildman–Crippen MR) is 129 cm³/mol. The lowest BCUT2D eigenvalue weighted by molar-refractivity contribution is -0.115. The van der Waals surface area contributed by atoms with Gasteiger partial charge in [-0.1, -0.05) is 53.7 Å². The van der Waals surface area contributed by atoms with E-state index in [2.05, 4.69) is 10.3 Å². The Morgan fingerprint density at radius 1 is 1.09 bits per heavy atom. The first-order chi connectivity index (χ1) is 15.5. The molecule has 0 aliphatic rings. The van der Waals surface area contributed by atoms with Crippen LogP contribution in [0.2, 0.25) is 5.02 Å². The smallest absolute Gasteiger partial charge is 0.266 e. The van der Waals surface area contributed by atoms with E-state index in [1.165, 1.54) is 16.3 Å². The number of benzene rings is 3. The number of amides is 1. The van der Waals surface area contributed by atoms with Gasteiger partial charge in [-0.15, -0.1) is 0 Å². The van der Waals surface area contributed by atoms with Gasteiger partial charge in [-0.05, 0) is 49.4 Å². The number of anilines is 1. The van der Waals surface area contributed by atoms with Gasteiger partial charge in [-0.2, -0.15) is 0 Å². The van der Waals surface area contributed by atoms with Crippen molar-refractivity contribution in [2.45, 2.75) is 17.3 Å². The highest BCUT2D eigenvalue weighted by atomic mass is 35.5. The summed E-state index contributed by atoms with van der Waals surface area (Å²) in [6.07, 6.45) is 0. The average molecular weight is 466 g/mol. The van der Waals surface area contributed by atoms with E-state index in [1.807, 2.05) is 18.2 Å². The fourth-order valence-corrected chi connectivity index (χ4v) is 4.34. The molecule has 3 aromatic carbocycles. The maximum absolute atomic E-state index is 13.3. The molecule has 1 amide bonds. The molecule has 0 radical (unpaired) electrons. The van der Waals surface area contributed by atoms with E-state index in [4.69, 9.17) is 16.3 Å². The fourth-order valence-electron chi connectivity index (χ4n) is 3.23. The molecule has 1 atom stereocenters. The van der Waals surface area contributed by atoms with Crippen LogP contribution < -0.4 is 15.6 Å². The van der Waals surface area contributed by atoms with Gasteiger partial charge in [0.25, 0.3) is 5.56 Å². The summed E-state index contributed by atoms with van der Waals surface area (Å²) in [5, 5.41) is 3.73. The number of halogens is 1. The number of fused-ring (bicyclic) bond motifs is 1. The number of hydrogen-bond acceptors (Lipinski definition) is 5. The number of carbonyl (C=O) groups excluding carboxylic acids is 1. The highest BCUT2D eigenvalue weighted by molar-refractivity contribution is 8.00. The molecule has 0 spiro atoms. The number of ether oxygens (including phenoxy) is 1. The van der Waals surface area contributed by atoms with Crippen molar-refractivity contribution in [1.29, 1.82) is 0 Å². The number of methoxy groups -OCH3 is 1. The summed E-state index contributed by atoms with van der Waals surface area (Å²) >= 11 is 7.37. The quantitative estimate of drug-likeness (QED) is 0.314. The number of hydrogen-bond donors (Lipinski definition) is 1. The van der Waals surface area contributed by atoms with Crippen LogP contribution in [-0.4, -0.2) is 27.8 Å². The number of para-hydroxylation sites is 3. The summed E-state index contributed by atoms with van der Waals surface area (Å²) < 4.78 is 6.80. The van der Waals surface area contributed by atoms with Crippen molar-refractivity contribution in [2.75, 3.05) is 12.4 Å². The largest absolute Gasteiger partial charge is 0.495 e. The van der Waals surface area contributed by atoms with E-state index in [0.717, 1.165) is 0 Å². The zero-order valence-electron chi connectivity index (χ0n) is 17.4. The summed E-state index contributed by atoms with van der Waals surface area (Å²) in [6, 6.07) is 21.3. The molecule has 0 aliphatic heterocycles. The van der Waals surface area contributed by atoms with Crippen LogP contribution >= 0.6 is 23.4 Å². The van der Waals surface area contributed by atoms with Crippen LogP contribution in [0.3, 0.4) is 0 Å². The fraction of sp³-hybridized carbons (Fsp3) is 0.125. The lowest BCUT2D eigenvalue weighted by atomic mass is 10.2. The van der Waals surface area contributed by atoms with Crippen molar-refractivity contribution in [1.82, 2.24) is 9.55 Å². The molecule has 1 heterocycles. The van der Waals surface area contributed by atoms with Gasteiger partial charge in [0.05, 0.1) is 34.6 Å². The van der Waals surface area contributed by atoms with Gasteiger partial charge in [0.15, 0.2) is 5.16 Å².